The molecule has 0 fully saturated rings. The molecule has 1 aromatic carbocycles. The molecule has 10 nitrogen and oxygen atoms in total. The number of amides is 1. The highest BCUT2D eigenvalue weighted by Gasteiger charge is 2.35. The molecule has 3 aromatic heterocycles. The Hall–Kier alpha value is -3.65. The van der Waals surface area contributed by atoms with Gasteiger partial charge in [0.1, 0.15) is 15.4 Å². The van der Waals surface area contributed by atoms with E-state index < -0.39 is 8.97 Å². The number of aromatic nitrogens is 3. The van der Waals surface area contributed by atoms with Crippen molar-refractivity contribution in [2.45, 2.75) is 4.05 Å². The molecule has 1 atom stereocenters. The average molecular weight is 571 g/mol. The first-order valence-electron chi connectivity index (χ1n) is 9.63. The first-order chi connectivity index (χ1) is 16.0. The number of benzene rings is 1. The van der Waals surface area contributed by atoms with Gasteiger partial charge in [0, 0.05) is 30.1 Å². The number of H-pyrrole nitrogens is 1. The van der Waals surface area contributed by atoms with E-state index in [1.165, 1.54) is 29.7 Å². The molecule has 164 valence electrons. The van der Waals surface area contributed by atoms with Gasteiger partial charge in [-0.05, 0) is 46.2 Å². The summed E-state index contributed by atoms with van der Waals surface area (Å²) in [4.78, 5) is 33.6. The Morgan fingerprint density at radius 2 is 2.12 bits per heavy atom. The number of carbonyl (C=O) groups excluding carboxylic acids is 1. The van der Waals surface area contributed by atoms with Crippen molar-refractivity contribution in [3.05, 3.63) is 93.2 Å². The summed E-state index contributed by atoms with van der Waals surface area (Å²) in [6.45, 7) is 0. The SMILES string of the molecule is O=C(NN1C(c2cccc([N+](=O)[O-])c2)=Nc2c(-c3cccs3)n[nH]c2C1I)c1cccnc1. The molecule has 1 aliphatic rings. The Balaban J connectivity index is 1.62. The van der Waals surface area contributed by atoms with E-state index in [9.17, 15) is 14.9 Å². The molecule has 4 heterocycles. The number of nitrogens with zero attached hydrogens (tertiary/aromatic N) is 5. The maximum atomic E-state index is 12.9. The van der Waals surface area contributed by atoms with Gasteiger partial charge in [-0.2, -0.15) is 5.10 Å². The van der Waals surface area contributed by atoms with Gasteiger partial charge in [-0.15, -0.1) is 11.3 Å². The molecular weight excluding hydrogens is 557 g/mol. The van der Waals surface area contributed by atoms with Gasteiger partial charge < -0.3 is 0 Å². The van der Waals surface area contributed by atoms with Gasteiger partial charge in [0.15, 0.2) is 5.84 Å². The lowest BCUT2D eigenvalue weighted by atomic mass is 10.1. The number of hydrazine groups is 1. The Morgan fingerprint density at radius 1 is 1.24 bits per heavy atom. The highest BCUT2D eigenvalue weighted by Crippen LogP contribution is 2.44. The van der Waals surface area contributed by atoms with Gasteiger partial charge in [0.25, 0.3) is 11.6 Å². The van der Waals surface area contributed by atoms with E-state index in [0.29, 0.717) is 34.0 Å². The number of rotatable bonds is 5. The first kappa shape index (κ1) is 21.2. The van der Waals surface area contributed by atoms with Crippen LogP contribution in [0.4, 0.5) is 11.4 Å². The maximum Gasteiger partial charge on any atom is 0.271 e. The number of aromatic amines is 1. The number of nitrogens with one attached hydrogen (secondary N) is 2. The molecule has 0 saturated carbocycles. The van der Waals surface area contributed by atoms with Crippen LogP contribution in [0.25, 0.3) is 10.6 Å². The van der Waals surface area contributed by atoms with Gasteiger partial charge in [-0.1, -0.05) is 18.2 Å². The molecule has 0 bridgehead atoms. The second-order valence-corrected chi connectivity index (χ2v) is 9.07. The number of hydrogen-bond donors (Lipinski definition) is 2. The zero-order chi connectivity index (χ0) is 22.9. The van der Waals surface area contributed by atoms with E-state index in [2.05, 4.69) is 43.2 Å². The molecule has 1 aliphatic heterocycles. The van der Waals surface area contributed by atoms with E-state index in [-0.39, 0.29) is 11.6 Å². The molecule has 5 rings (SSSR count). The van der Waals surface area contributed by atoms with Crippen molar-refractivity contribution >= 4 is 57.0 Å². The summed E-state index contributed by atoms with van der Waals surface area (Å²) in [6, 6.07) is 13.3. The van der Waals surface area contributed by atoms with Crippen LogP contribution >= 0.6 is 33.9 Å². The van der Waals surface area contributed by atoms with E-state index in [0.717, 1.165) is 4.88 Å². The molecule has 12 heteroatoms. The lowest BCUT2D eigenvalue weighted by molar-refractivity contribution is -0.384. The molecular formula is C21H14IN7O3S. The summed E-state index contributed by atoms with van der Waals surface area (Å²) in [7, 11) is 0. The van der Waals surface area contributed by atoms with Gasteiger partial charge in [-0.25, -0.2) is 10.0 Å². The number of non-ortho nitro benzene ring substituents is 1. The predicted molar refractivity (Wildman–Crippen MR) is 131 cm³/mol. The summed E-state index contributed by atoms with van der Waals surface area (Å²) in [5.74, 6) is -0.0219. The van der Waals surface area contributed by atoms with Crippen molar-refractivity contribution in [2.24, 2.45) is 4.99 Å². The standard InChI is InChI=1S/C21H14IN7O3S/c22-19-18-17(16(25-26-18)15-7-3-9-33-15)24-20(12-4-1-6-14(10-12)29(31)32)28(19)27-21(30)13-5-2-8-23-11-13/h1-11,19H,(H,25,26)(H,27,30). The Labute approximate surface area is 204 Å². The molecule has 1 unspecified atom stereocenters. The molecule has 2 N–H and O–H groups in total. The van der Waals surface area contributed by atoms with Crippen molar-refractivity contribution in [3.63, 3.8) is 0 Å². The summed E-state index contributed by atoms with van der Waals surface area (Å²) in [5.41, 5.74) is 5.67. The van der Waals surface area contributed by atoms with Crippen LogP contribution in [0.15, 0.2) is 71.3 Å². The highest BCUT2D eigenvalue weighted by molar-refractivity contribution is 14.1. The van der Waals surface area contributed by atoms with Crippen molar-refractivity contribution in [2.75, 3.05) is 0 Å². The number of thiophene rings is 1. The second kappa shape index (κ2) is 8.71. The number of hydrogen-bond acceptors (Lipinski definition) is 8. The molecule has 0 spiro atoms. The fraction of sp³-hybridized carbons (Fsp3) is 0.0476. The van der Waals surface area contributed by atoms with Crippen LogP contribution < -0.4 is 5.43 Å². The number of alkyl halides is 1. The number of aliphatic imine (C=N–C) groups is 1. The molecule has 0 aliphatic carbocycles. The zero-order valence-electron chi connectivity index (χ0n) is 16.7. The summed E-state index contributed by atoms with van der Waals surface area (Å²) in [5, 5.41) is 22.4. The van der Waals surface area contributed by atoms with Gasteiger partial charge in [-0.3, -0.25) is 30.4 Å². The summed E-state index contributed by atoms with van der Waals surface area (Å²) in [6.07, 6.45) is 3.04. The third kappa shape index (κ3) is 3.98. The van der Waals surface area contributed by atoms with Crippen molar-refractivity contribution in [1.82, 2.24) is 25.6 Å². The Morgan fingerprint density at radius 3 is 2.85 bits per heavy atom. The molecule has 4 aromatic rings. The highest BCUT2D eigenvalue weighted by atomic mass is 127. The van der Waals surface area contributed by atoms with Crippen LogP contribution in [0.2, 0.25) is 0 Å². The fourth-order valence-corrected chi connectivity index (χ4v) is 4.91. The van der Waals surface area contributed by atoms with Crippen molar-refractivity contribution < 1.29 is 9.72 Å². The Bertz CT molecular complexity index is 1370. The Kier molecular flexibility index (Phi) is 5.60. The first-order valence-corrected chi connectivity index (χ1v) is 11.8. The number of pyridine rings is 1. The van der Waals surface area contributed by atoms with E-state index in [4.69, 9.17) is 4.99 Å². The number of halogens is 1. The van der Waals surface area contributed by atoms with Crippen LogP contribution in [0.1, 0.15) is 25.7 Å². The minimum absolute atomic E-state index is 0.0739. The number of nitro groups is 1. The van der Waals surface area contributed by atoms with Crippen LogP contribution in [-0.2, 0) is 0 Å². The van der Waals surface area contributed by atoms with E-state index in [1.54, 1.807) is 35.5 Å². The van der Waals surface area contributed by atoms with Crippen LogP contribution in [-0.4, -0.2) is 36.9 Å². The number of amidine groups is 1. The molecule has 1 amide bonds. The van der Waals surface area contributed by atoms with Gasteiger partial charge in [0.05, 0.1) is 21.1 Å². The van der Waals surface area contributed by atoms with E-state index >= 15 is 0 Å². The quantitative estimate of drug-likeness (QED) is 0.118. The van der Waals surface area contributed by atoms with Crippen molar-refractivity contribution in [1.29, 1.82) is 0 Å². The number of nitro benzene ring substituents is 1. The predicted octanol–water partition coefficient (Wildman–Crippen LogP) is 4.61. The smallest absolute Gasteiger partial charge is 0.271 e. The maximum absolute atomic E-state index is 12.9. The van der Waals surface area contributed by atoms with Gasteiger partial charge >= 0.3 is 0 Å². The molecule has 0 radical (unpaired) electrons. The van der Waals surface area contributed by atoms with Crippen molar-refractivity contribution in [3.8, 4) is 10.6 Å². The third-order valence-electron chi connectivity index (χ3n) is 4.89. The number of fused-ring (bicyclic) bond motifs is 1. The monoisotopic (exact) mass is 571 g/mol. The topological polar surface area (TPSA) is 129 Å². The normalized spacial score (nSPS) is 15.0. The molecule has 0 saturated heterocycles. The van der Waals surface area contributed by atoms with Crippen LogP contribution in [0.3, 0.4) is 0 Å². The fourth-order valence-electron chi connectivity index (χ4n) is 3.35. The largest absolute Gasteiger partial charge is 0.277 e. The summed E-state index contributed by atoms with van der Waals surface area (Å²) < 4.78 is -0.411. The minimum Gasteiger partial charge on any atom is -0.277 e. The van der Waals surface area contributed by atoms with Crippen LogP contribution in [0, 0.1) is 10.1 Å². The molecule has 33 heavy (non-hydrogen) atoms. The lowest BCUT2D eigenvalue weighted by Gasteiger charge is -2.33. The van der Waals surface area contributed by atoms with E-state index in [1.807, 2.05) is 17.5 Å². The lowest BCUT2D eigenvalue weighted by Crippen LogP contribution is -2.48. The van der Waals surface area contributed by atoms with Crippen LogP contribution in [0.5, 0.6) is 0 Å². The second-order valence-electron chi connectivity index (χ2n) is 6.94. The third-order valence-corrected chi connectivity index (χ3v) is 6.95. The number of carbonyl (C=O) groups is 1. The summed E-state index contributed by atoms with van der Waals surface area (Å²) >= 11 is 3.70. The van der Waals surface area contributed by atoms with Gasteiger partial charge in [0.2, 0.25) is 0 Å². The average Bonchev–Trinajstić information content (AvgIpc) is 3.51. The minimum atomic E-state index is -0.465. The zero-order valence-corrected chi connectivity index (χ0v) is 19.6.